The second-order valence-electron chi connectivity index (χ2n) is 8.61. The van der Waals surface area contributed by atoms with E-state index in [1.807, 2.05) is 31.7 Å². The Hall–Kier alpha value is -2.47. The summed E-state index contributed by atoms with van der Waals surface area (Å²) in [6.07, 6.45) is 9.17. The average molecular weight is 432 g/mol. The summed E-state index contributed by atoms with van der Waals surface area (Å²) in [6.45, 7) is 6.70. The molecule has 0 saturated carbocycles. The molecular weight excluding hydrogens is 402 g/mol. The van der Waals surface area contributed by atoms with Crippen molar-refractivity contribution in [3.63, 3.8) is 0 Å². The van der Waals surface area contributed by atoms with E-state index in [4.69, 9.17) is 16.3 Å². The van der Waals surface area contributed by atoms with Crippen molar-refractivity contribution in [2.45, 2.75) is 58.1 Å². The molecule has 2 aliphatic rings. The van der Waals surface area contributed by atoms with E-state index in [2.05, 4.69) is 17.5 Å². The van der Waals surface area contributed by atoms with Gasteiger partial charge in [0, 0.05) is 35.5 Å². The molecule has 1 aromatic rings. The molecule has 1 fully saturated rings. The van der Waals surface area contributed by atoms with Gasteiger partial charge in [0.05, 0.1) is 0 Å². The van der Waals surface area contributed by atoms with Crippen LogP contribution in [-0.4, -0.2) is 46.7 Å². The van der Waals surface area contributed by atoms with Crippen LogP contribution in [0.4, 0.5) is 15.3 Å². The summed E-state index contributed by atoms with van der Waals surface area (Å²) in [7, 11) is 0. The number of piperidine rings is 1. The van der Waals surface area contributed by atoms with Gasteiger partial charge in [0.1, 0.15) is 5.60 Å². The van der Waals surface area contributed by atoms with Gasteiger partial charge in [-0.15, -0.1) is 0 Å². The number of hydrogen-bond donors (Lipinski definition) is 1. The molecule has 0 atom stereocenters. The Balaban J connectivity index is 1.70. The molecule has 162 valence electrons. The first-order valence-corrected chi connectivity index (χ1v) is 10.8. The van der Waals surface area contributed by atoms with Crippen LogP contribution in [0.15, 0.2) is 48.2 Å². The highest BCUT2D eigenvalue weighted by molar-refractivity contribution is 6.30. The van der Waals surface area contributed by atoms with E-state index < -0.39 is 5.60 Å². The lowest BCUT2D eigenvalue weighted by Crippen LogP contribution is -2.50. The second-order valence-corrected chi connectivity index (χ2v) is 9.05. The zero-order chi connectivity index (χ0) is 21.7. The van der Waals surface area contributed by atoms with Gasteiger partial charge in [0.15, 0.2) is 0 Å². The van der Waals surface area contributed by atoms with Gasteiger partial charge in [-0.25, -0.2) is 9.59 Å². The number of nitrogens with zero attached hydrogens (tertiary/aromatic N) is 2. The van der Waals surface area contributed by atoms with Gasteiger partial charge in [-0.05, 0) is 76.8 Å². The largest absolute Gasteiger partial charge is 0.444 e. The third kappa shape index (κ3) is 6.02. The highest BCUT2D eigenvalue weighted by Gasteiger charge is 2.33. The van der Waals surface area contributed by atoms with Crippen LogP contribution in [0.5, 0.6) is 0 Å². The van der Waals surface area contributed by atoms with Crippen LogP contribution >= 0.6 is 11.6 Å². The van der Waals surface area contributed by atoms with Gasteiger partial charge in [0.25, 0.3) is 0 Å². The van der Waals surface area contributed by atoms with E-state index in [-0.39, 0.29) is 18.2 Å². The van der Waals surface area contributed by atoms with Crippen molar-refractivity contribution >= 4 is 29.4 Å². The van der Waals surface area contributed by atoms with Gasteiger partial charge >= 0.3 is 12.1 Å². The van der Waals surface area contributed by atoms with Crippen molar-refractivity contribution in [2.75, 3.05) is 18.4 Å². The fourth-order valence-electron chi connectivity index (χ4n) is 3.62. The molecule has 0 aromatic heterocycles. The number of halogens is 1. The SMILES string of the molecule is CC(C)(C)OC(=O)N1CCC(N(C(=O)Nc2ccc(Cl)cc2)C2=CCCC=C2)CC1. The van der Waals surface area contributed by atoms with Crippen LogP contribution in [0, 0.1) is 0 Å². The topological polar surface area (TPSA) is 61.9 Å². The minimum Gasteiger partial charge on any atom is -0.444 e. The average Bonchev–Trinajstić information content (AvgIpc) is 2.70. The molecule has 3 amide bonds. The van der Waals surface area contributed by atoms with Crippen LogP contribution < -0.4 is 5.32 Å². The van der Waals surface area contributed by atoms with E-state index in [1.54, 1.807) is 29.2 Å². The van der Waals surface area contributed by atoms with Gasteiger partial charge in [0.2, 0.25) is 0 Å². The molecule has 1 aromatic carbocycles. The maximum Gasteiger partial charge on any atom is 0.410 e. The molecule has 1 heterocycles. The molecule has 1 N–H and O–H groups in total. The van der Waals surface area contributed by atoms with Gasteiger partial charge < -0.3 is 15.0 Å². The molecule has 1 aliphatic heterocycles. The summed E-state index contributed by atoms with van der Waals surface area (Å²) in [6, 6.07) is 6.90. The van der Waals surface area contributed by atoms with E-state index >= 15 is 0 Å². The molecule has 30 heavy (non-hydrogen) atoms. The second kappa shape index (κ2) is 9.56. The Morgan fingerprint density at radius 3 is 2.37 bits per heavy atom. The molecular formula is C23H30ClN3O3. The van der Waals surface area contributed by atoms with E-state index in [9.17, 15) is 9.59 Å². The minimum atomic E-state index is -0.518. The maximum absolute atomic E-state index is 13.2. The number of carbonyl (C=O) groups excluding carboxylic acids is 2. The van der Waals surface area contributed by atoms with Crippen molar-refractivity contribution < 1.29 is 14.3 Å². The van der Waals surface area contributed by atoms with E-state index in [0.717, 1.165) is 18.5 Å². The van der Waals surface area contributed by atoms with Crippen LogP contribution in [0.25, 0.3) is 0 Å². The molecule has 3 rings (SSSR count). The van der Waals surface area contributed by atoms with Crippen LogP contribution in [0.1, 0.15) is 46.5 Å². The number of nitrogens with one attached hydrogen (secondary N) is 1. The first kappa shape index (κ1) is 22.2. The lowest BCUT2D eigenvalue weighted by molar-refractivity contribution is 0.0177. The Bertz CT molecular complexity index is 819. The smallest absolute Gasteiger partial charge is 0.410 e. The number of ether oxygens (including phenoxy) is 1. The van der Waals surface area contributed by atoms with Crippen LogP contribution in [-0.2, 0) is 4.74 Å². The molecule has 1 aliphatic carbocycles. The Kier molecular flexibility index (Phi) is 7.08. The number of amides is 3. The number of benzene rings is 1. The maximum atomic E-state index is 13.2. The van der Waals surface area contributed by atoms with Crippen molar-refractivity contribution in [3.8, 4) is 0 Å². The summed E-state index contributed by atoms with van der Waals surface area (Å²) in [4.78, 5) is 29.1. The summed E-state index contributed by atoms with van der Waals surface area (Å²) < 4.78 is 5.49. The lowest BCUT2D eigenvalue weighted by atomic mass is 10.0. The molecule has 1 saturated heterocycles. The van der Waals surface area contributed by atoms with Crippen LogP contribution in [0.2, 0.25) is 5.02 Å². The summed E-state index contributed by atoms with van der Waals surface area (Å²) in [5.74, 6) is 0. The Labute approximate surface area is 183 Å². The third-order valence-electron chi connectivity index (χ3n) is 5.05. The number of carbonyl (C=O) groups is 2. The highest BCUT2D eigenvalue weighted by atomic mass is 35.5. The zero-order valence-corrected chi connectivity index (χ0v) is 18.6. The summed E-state index contributed by atoms with van der Waals surface area (Å²) in [5, 5.41) is 3.60. The fraction of sp³-hybridized carbons (Fsp3) is 0.478. The van der Waals surface area contributed by atoms with Gasteiger partial charge in [-0.1, -0.05) is 23.8 Å². The van der Waals surface area contributed by atoms with Gasteiger partial charge in [-0.2, -0.15) is 0 Å². The third-order valence-corrected chi connectivity index (χ3v) is 5.30. The quantitative estimate of drug-likeness (QED) is 0.657. The van der Waals surface area contributed by atoms with E-state index in [1.165, 1.54) is 0 Å². The minimum absolute atomic E-state index is 0.00462. The van der Waals surface area contributed by atoms with E-state index in [0.29, 0.717) is 36.6 Å². The Morgan fingerprint density at radius 1 is 1.13 bits per heavy atom. The van der Waals surface area contributed by atoms with Crippen molar-refractivity contribution in [1.29, 1.82) is 0 Å². The zero-order valence-electron chi connectivity index (χ0n) is 17.9. The summed E-state index contributed by atoms with van der Waals surface area (Å²) in [5.41, 5.74) is 1.08. The fourth-order valence-corrected chi connectivity index (χ4v) is 3.75. The number of allylic oxidation sites excluding steroid dienone is 3. The molecule has 0 radical (unpaired) electrons. The normalized spacial score (nSPS) is 17.3. The standard InChI is InChI=1S/C23H30ClN3O3/c1-23(2,3)30-22(29)26-15-13-20(14-16-26)27(19-7-5-4-6-8-19)21(28)25-18-11-9-17(24)10-12-18/h5,7-12,20H,4,6,13-16H2,1-3H3,(H,25,28). The highest BCUT2D eigenvalue weighted by Crippen LogP contribution is 2.26. The van der Waals surface area contributed by atoms with Crippen molar-refractivity contribution in [1.82, 2.24) is 9.80 Å². The lowest BCUT2D eigenvalue weighted by Gasteiger charge is -2.39. The van der Waals surface area contributed by atoms with Gasteiger partial charge in [-0.3, -0.25) is 4.90 Å². The Morgan fingerprint density at radius 2 is 1.80 bits per heavy atom. The summed E-state index contributed by atoms with van der Waals surface area (Å²) >= 11 is 5.95. The molecule has 6 nitrogen and oxygen atoms in total. The predicted molar refractivity (Wildman–Crippen MR) is 120 cm³/mol. The number of anilines is 1. The molecule has 0 bridgehead atoms. The molecule has 7 heteroatoms. The van der Waals surface area contributed by atoms with Crippen molar-refractivity contribution in [3.05, 3.63) is 53.2 Å². The van der Waals surface area contributed by atoms with Crippen LogP contribution in [0.3, 0.4) is 0 Å². The molecule has 0 spiro atoms. The number of rotatable bonds is 3. The molecule has 0 unspecified atom stereocenters. The number of urea groups is 1. The van der Waals surface area contributed by atoms with Crippen molar-refractivity contribution in [2.24, 2.45) is 0 Å². The number of hydrogen-bond acceptors (Lipinski definition) is 3. The first-order chi connectivity index (χ1) is 14.2. The monoisotopic (exact) mass is 431 g/mol. The number of likely N-dealkylation sites (tertiary alicyclic amines) is 1. The predicted octanol–water partition coefficient (Wildman–Crippen LogP) is 5.81. The first-order valence-electron chi connectivity index (χ1n) is 10.4.